The van der Waals surface area contributed by atoms with Gasteiger partial charge in [0, 0.05) is 12.2 Å². The number of rotatable bonds is 5. The maximum atomic E-state index is 12.6. The highest BCUT2D eigenvalue weighted by Crippen LogP contribution is 2.33. The summed E-state index contributed by atoms with van der Waals surface area (Å²) in [6, 6.07) is 17.4. The second-order valence-corrected chi connectivity index (χ2v) is 6.80. The molecule has 1 N–H and O–H groups in total. The molecule has 0 saturated carbocycles. The number of benzene rings is 2. The number of hydrogen-bond donors (Lipinski definition) is 1. The third-order valence-corrected chi connectivity index (χ3v) is 4.85. The van der Waals surface area contributed by atoms with E-state index in [1.165, 1.54) is 0 Å². The molecule has 136 valence electrons. The van der Waals surface area contributed by atoms with Gasteiger partial charge in [-0.2, -0.15) is 5.10 Å². The van der Waals surface area contributed by atoms with Gasteiger partial charge in [-0.3, -0.25) is 10.2 Å². The summed E-state index contributed by atoms with van der Waals surface area (Å²) >= 11 is 6.18. The molecule has 0 spiro atoms. The molecule has 3 rings (SSSR count). The molecule has 1 atom stereocenters. The van der Waals surface area contributed by atoms with Crippen molar-refractivity contribution in [3.63, 3.8) is 0 Å². The number of carbonyl (C=O) groups is 1. The zero-order valence-electron chi connectivity index (χ0n) is 14.9. The highest BCUT2D eigenvalue weighted by Gasteiger charge is 2.47. The van der Waals surface area contributed by atoms with Gasteiger partial charge in [0.2, 0.25) is 0 Å². The normalized spacial score (nSPS) is 21.0. The van der Waals surface area contributed by atoms with Crippen LogP contribution in [0.4, 0.5) is 11.4 Å². The first kappa shape index (κ1) is 18.3. The third kappa shape index (κ3) is 3.68. The number of para-hydroxylation sites is 2. The molecule has 1 saturated heterocycles. The fourth-order valence-electron chi connectivity index (χ4n) is 3.02. The van der Waals surface area contributed by atoms with Gasteiger partial charge in [-0.05, 0) is 38.1 Å². The van der Waals surface area contributed by atoms with Crippen molar-refractivity contribution >= 4 is 34.7 Å². The second-order valence-electron chi connectivity index (χ2n) is 6.39. The zero-order valence-corrected chi connectivity index (χ0v) is 15.7. The fourth-order valence-corrected chi connectivity index (χ4v) is 3.19. The first-order valence-electron chi connectivity index (χ1n) is 8.59. The second kappa shape index (κ2) is 7.79. The van der Waals surface area contributed by atoms with Crippen molar-refractivity contribution < 1.29 is 9.53 Å². The number of nitrogens with one attached hydrogen (secondary N) is 1. The van der Waals surface area contributed by atoms with E-state index in [9.17, 15) is 4.79 Å². The first-order valence-corrected chi connectivity index (χ1v) is 8.97. The summed E-state index contributed by atoms with van der Waals surface area (Å²) in [5, 5.41) is 5.10. The number of hydrogen-bond acceptors (Lipinski definition) is 5. The lowest BCUT2D eigenvalue weighted by Crippen LogP contribution is -2.38. The van der Waals surface area contributed by atoms with Crippen LogP contribution in [-0.2, 0) is 9.53 Å². The molecule has 1 fully saturated rings. The number of anilines is 2. The standard InChI is InChI=1S/C20H22ClN3O2/c1-3-26-19(25)20(2)14-24(15-9-5-4-6-10-15)13-18(20)23-22-17-12-8-7-11-16(17)21/h4-12,22H,3,13-14H2,1-2H3/b23-18+. The Hall–Kier alpha value is -2.53. The minimum atomic E-state index is -0.819. The van der Waals surface area contributed by atoms with Gasteiger partial charge in [0.25, 0.3) is 0 Å². The lowest BCUT2D eigenvalue weighted by atomic mass is 9.88. The quantitative estimate of drug-likeness (QED) is 0.632. The van der Waals surface area contributed by atoms with E-state index < -0.39 is 5.41 Å². The molecule has 0 bridgehead atoms. The van der Waals surface area contributed by atoms with Crippen LogP contribution >= 0.6 is 11.6 Å². The number of esters is 1. The number of carbonyl (C=O) groups excluding carboxylic acids is 1. The van der Waals surface area contributed by atoms with Crippen LogP contribution in [0.15, 0.2) is 59.7 Å². The average molecular weight is 372 g/mol. The van der Waals surface area contributed by atoms with Crippen molar-refractivity contribution in [3.05, 3.63) is 59.6 Å². The van der Waals surface area contributed by atoms with Crippen molar-refractivity contribution in [2.24, 2.45) is 10.5 Å². The van der Waals surface area contributed by atoms with Gasteiger partial charge >= 0.3 is 5.97 Å². The predicted molar refractivity (Wildman–Crippen MR) is 106 cm³/mol. The molecule has 1 aliphatic rings. The summed E-state index contributed by atoms with van der Waals surface area (Å²) in [6.07, 6.45) is 0. The van der Waals surface area contributed by atoms with Crippen molar-refractivity contribution in [1.82, 2.24) is 0 Å². The van der Waals surface area contributed by atoms with Crippen molar-refractivity contribution in [2.45, 2.75) is 13.8 Å². The molecule has 2 aromatic rings. The molecule has 0 amide bonds. The number of halogens is 1. The van der Waals surface area contributed by atoms with E-state index in [-0.39, 0.29) is 5.97 Å². The minimum Gasteiger partial charge on any atom is -0.465 e. The van der Waals surface area contributed by atoms with E-state index in [2.05, 4.69) is 15.4 Å². The maximum Gasteiger partial charge on any atom is 0.319 e. The van der Waals surface area contributed by atoms with Gasteiger partial charge in [0.1, 0.15) is 5.41 Å². The van der Waals surface area contributed by atoms with Gasteiger partial charge in [-0.15, -0.1) is 0 Å². The van der Waals surface area contributed by atoms with Gasteiger partial charge in [-0.1, -0.05) is 41.9 Å². The lowest BCUT2D eigenvalue weighted by Gasteiger charge is -2.23. The molecular formula is C20H22ClN3O2. The smallest absolute Gasteiger partial charge is 0.319 e. The molecular weight excluding hydrogens is 350 g/mol. The number of hydrazone groups is 1. The van der Waals surface area contributed by atoms with Gasteiger partial charge < -0.3 is 9.64 Å². The van der Waals surface area contributed by atoms with E-state index in [0.29, 0.717) is 30.4 Å². The Morgan fingerprint density at radius 3 is 2.62 bits per heavy atom. The highest BCUT2D eigenvalue weighted by molar-refractivity contribution is 6.33. The molecule has 2 aromatic carbocycles. The van der Waals surface area contributed by atoms with Crippen molar-refractivity contribution in [2.75, 3.05) is 30.0 Å². The van der Waals surface area contributed by atoms with Gasteiger partial charge in [0.05, 0.1) is 29.6 Å². The molecule has 26 heavy (non-hydrogen) atoms. The average Bonchev–Trinajstić information content (AvgIpc) is 3.00. The summed E-state index contributed by atoms with van der Waals surface area (Å²) in [4.78, 5) is 14.8. The van der Waals surface area contributed by atoms with E-state index in [1.54, 1.807) is 6.07 Å². The van der Waals surface area contributed by atoms with Crippen LogP contribution in [0.25, 0.3) is 0 Å². The van der Waals surface area contributed by atoms with Crippen LogP contribution in [0.5, 0.6) is 0 Å². The molecule has 0 aromatic heterocycles. The summed E-state index contributed by atoms with van der Waals surface area (Å²) in [7, 11) is 0. The van der Waals surface area contributed by atoms with Crippen molar-refractivity contribution in [1.29, 1.82) is 0 Å². The van der Waals surface area contributed by atoms with Crippen LogP contribution in [0.2, 0.25) is 5.02 Å². The van der Waals surface area contributed by atoms with Gasteiger partial charge in [-0.25, -0.2) is 0 Å². The van der Waals surface area contributed by atoms with Crippen LogP contribution in [0, 0.1) is 5.41 Å². The molecule has 0 aliphatic carbocycles. The number of ether oxygens (including phenoxy) is 1. The Balaban J connectivity index is 1.90. The Labute approximate surface area is 158 Å². The highest BCUT2D eigenvalue weighted by atomic mass is 35.5. The molecule has 6 heteroatoms. The third-order valence-electron chi connectivity index (χ3n) is 4.52. The van der Waals surface area contributed by atoms with E-state index in [0.717, 1.165) is 11.4 Å². The molecule has 5 nitrogen and oxygen atoms in total. The summed E-state index contributed by atoms with van der Waals surface area (Å²) in [5.41, 5.74) is 4.65. The Morgan fingerprint density at radius 2 is 1.92 bits per heavy atom. The monoisotopic (exact) mass is 371 g/mol. The molecule has 1 aliphatic heterocycles. The van der Waals surface area contributed by atoms with Gasteiger partial charge in [0.15, 0.2) is 0 Å². The molecule has 0 radical (unpaired) electrons. The summed E-state index contributed by atoms with van der Waals surface area (Å²) in [5.74, 6) is -0.266. The molecule has 1 unspecified atom stereocenters. The Morgan fingerprint density at radius 1 is 1.23 bits per heavy atom. The maximum absolute atomic E-state index is 12.6. The van der Waals surface area contributed by atoms with E-state index in [4.69, 9.17) is 16.3 Å². The van der Waals surface area contributed by atoms with E-state index in [1.807, 2.05) is 62.4 Å². The van der Waals surface area contributed by atoms with Crippen LogP contribution in [-0.4, -0.2) is 31.4 Å². The van der Waals surface area contributed by atoms with Crippen LogP contribution in [0.3, 0.4) is 0 Å². The van der Waals surface area contributed by atoms with E-state index >= 15 is 0 Å². The van der Waals surface area contributed by atoms with Crippen molar-refractivity contribution in [3.8, 4) is 0 Å². The predicted octanol–water partition coefficient (Wildman–Crippen LogP) is 4.20. The Bertz CT molecular complexity index is 810. The first-order chi connectivity index (χ1) is 12.5. The lowest BCUT2D eigenvalue weighted by molar-refractivity contribution is -0.149. The largest absolute Gasteiger partial charge is 0.465 e. The summed E-state index contributed by atoms with van der Waals surface area (Å²) in [6.45, 7) is 5.08. The SMILES string of the molecule is CCOC(=O)C1(C)CN(c2ccccc2)C/C1=N\Nc1ccccc1Cl. The number of nitrogens with zero attached hydrogens (tertiary/aromatic N) is 2. The zero-order chi connectivity index (χ0) is 18.6. The topological polar surface area (TPSA) is 53.9 Å². The summed E-state index contributed by atoms with van der Waals surface area (Å²) < 4.78 is 5.32. The van der Waals surface area contributed by atoms with Crippen LogP contribution in [0.1, 0.15) is 13.8 Å². The Kier molecular flexibility index (Phi) is 5.47. The van der Waals surface area contributed by atoms with Crippen LogP contribution < -0.4 is 10.3 Å². The minimum absolute atomic E-state index is 0.266. The fraction of sp³-hybridized carbons (Fsp3) is 0.300. The molecule has 1 heterocycles.